The van der Waals surface area contributed by atoms with E-state index in [9.17, 15) is 0 Å². The monoisotopic (exact) mass is 173 g/mol. The molecule has 2 heteroatoms. The summed E-state index contributed by atoms with van der Waals surface area (Å²) in [7, 11) is 0. The molecule has 0 atom stereocenters. The molecule has 1 aliphatic rings. The number of hydrogen-bond donors (Lipinski definition) is 1. The lowest BCUT2D eigenvalue weighted by Crippen LogP contribution is -2.10. The smallest absolute Gasteiger partial charge is 0.00649 e. The second-order valence-electron chi connectivity index (χ2n) is 3.34. The van der Waals surface area contributed by atoms with Gasteiger partial charge in [-0.15, -0.1) is 0 Å². The van der Waals surface area contributed by atoms with Gasteiger partial charge in [0.15, 0.2) is 0 Å². The summed E-state index contributed by atoms with van der Waals surface area (Å²) in [5.41, 5.74) is 5.44. The van der Waals surface area contributed by atoms with Crippen molar-refractivity contribution in [1.29, 1.82) is 0 Å². The highest BCUT2D eigenvalue weighted by atomic mass is 32.2. The summed E-state index contributed by atoms with van der Waals surface area (Å²) in [5, 5.41) is 0. The van der Waals surface area contributed by atoms with Crippen LogP contribution in [0.5, 0.6) is 0 Å². The molecule has 0 unspecified atom stereocenters. The molecule has 0 spiro atoms. The molecule has 0 bridgehead atoms. The number of rotatable bonds is 4. The molecule has 0 aromatic heterocycles. The van der Waals surface area contributed by atoms with E-state index in [1.165, 1.54) is 43.6 Å². The molecule has 0 aromatic rings. The Labute approximate surface area is 74.1 Å². The average Bonchev–Trinajstić information content (AvgIpc) is 2.07. The largest absolute Gasteiger partial charge is 0.330 e. The Balaban J connectivity index is 1.96. The first kappa shape index (κ1) is 9.40. The van der Waals surface area contributed by atoms with Gasteiger partial charge in [-0.2, -0.15) is 11.8 Å². The van der Waals surface area contributed by atoms with E-state index < -0.39 is 0 Å². The number of unbranched alkanes of at least 4 members (excludes halogenated alkanes) is 1. The SMILES string of the molecule is NCCCCC1CCSCC1. The van der Waals surface area contributed by atoms with Gasteiger partial charge in [0.2, 0.25) is 0 Å². The van der Waals surface area contributed by atoms with Crippen LogP contribution in [0, 0.1) is 5.92 Å². The summed E-state index contributed by atoms with van der Waals surface area (Å²) in [6.45, 7) is 0.876. The topological polar surface area (TPSA) is 26.0 Å². The standard InChI is InChI=1S/C9H19NS/c10-6-2-1-3-9-4-7-11-8-5-9/h9H,1-8,10H2. The third-order valence-electron chi connectivity index (χ3n) is 2.41. The molecule has 0 saturated carbocycles. The summed E-state index contributed by atoms with van der Waals surface area (Å²) in [5.74, 6) is 3.82. The molecular formula is C9H19NS. The summed E-state index contributed by atoms with van der Waals surface area (Å²) in [6.07, 6.45) is 6.91. The van der Waals surface area contributed by atoms with Crippen LogP contribution in [0.15, 0.2) is 0 Å². The van der Waals surface area contributed by atoms with Crippen molar-refractivity contribution in [1.82, 2.24) is 0 Å². The summed E-state index contributed by atoms with van der Waals surface area (Å²) in [6, 6.07) is 0. The Bertz CT molecular complexity index is 89.6. The third kappa shape index (κ3) is 4.02. The first-order valence-electron chi connectivity index (χ1n) is 4.71. The van der Waals surface area contributed by atoms with Crippen LogP contribution >= 0.6 is 11.8 Å². The van der Waals surface area contributed by atoms with Gasteiger partial charge in [0.05, 0.1) is 0 Å². The Morgan fingerprint density at radius 2 is 1.91 bits per heavy atom. The molecule has 1 fully saturated rings. The van der Waals surface area contributed by atoms with E-state index in [2.05, 4.69) is 11.8 Å². The average molecular weight is 173 g/mol. The van der Waals surface area contributed by atoms with Crippen LogP contribution in [0.4, 0.5) is 0 Å². The van der Waals surface area contributed by atoms with Crippen molar-refractivity contribution < 1.29 is 0 Å². The second-order valence-corrected chi connectivity index (χ2v) is 4.56. The fraction of sp³-hybridized carbons (Fsp3) is 1.00. The molecule has 0 aliphatic carbocycles. The minimum Gasteiger partial charge on any atom is -0.330 e. The van der Waals surface area contributed by atoms with Crippen LogP contribution in [0.25, 0.3) is 0 Å². The molecule has 0 amide bonds. The zero-order valence-corrected chi connectivity index (χ0v) is 8.04. The van der Waals surface area contributed by atoms with Crippen LogP contribution in [0.1, 0.15) is 32.1 Å². The van der Waals surface area contributed by atoms with E-state index in [1.54, 1.807) is 0 Å². The Morgan fingerprint density at radius 1 is 1.18 bits per heavy atom. The first-order chi connectivity index (χ1) is 5.43. The van der Waals surface area contributed by atoms with Crippen molar-refractivity contribution in [3.63, 3.8) is 0 Å². The summed E-state index contributed by atoms with van der Waals surface area (Å²) < 4.78 is 0. The quantitative estimate of drug-likeness (QED) is 0.660. The second kappa shape index (κ2) is 5.90. The summed E-state index contributed by atoms with van der Waals surface area (Å²) >= 11 is 2.11. The lowest BCUT2D eigenvalue weighted by molar-refractivity contribution is 0.433. The fourth-order valence-electron chi connectivity index (χ4n) is 1.61. The van der Waals surface area contributed by atoms with E-state index in [0.29, 0.717) is 0 Å². The highest BCUT2D eigenvalue weighted by Gasteiger charge is 2.12. The molecule has 1 rings (SSSR count). The van der Waals surface area contributed by atoms with Gasteiger partial charge in [0.1, 0.15) is 0 Å². The maximum absolute atomic E-state index is 5.44. The molecule has 0 aromatic carbocycles. The van der Waals surface area contributed by atoms with Gasteiger partial charge in [-0.05, 0) is 43.2 Å². The van der Waals surface area contributed by atoms with E-state index in [0.717, 1.165) is 12.5 Å². The van der Waals surface area contributed by atoms with Crippen LogP contribution < -0.4 is 5.73 Å². The Kier molecular flexibility index (Phi) is 5.04. The first-order valence-corrected chi connectivity index (χ1v) is 5.87. The van der Waals surface area contributed by atoms with Gasteiger partial charge in [0.25, 0.3) is 0 Å². The van der Waals surface area contributed by atoms with Crippen LogP contribution in [0.2, 0.25) is 0 Å². The molecule has 11 heavy (non-hydrogen) atoms. The summed E-state index contributed by atoms with van der Waals surface area (Å²) in [4.78, 5) is 0. The zero-order chi connectivity index (χ0) is 7.94. The predicted molar refractivity (Wildman–Crippen MR) is 53.0 cm³/mol. The normalized spacial score (nSPS) is 20.5. The fourth-order valence-corrected chi connectivity index (χ4v) is 2.82. The van der Waals surface area contributed by atoms with Gasteiger partial charge in [0, 0.05) is 0 Å². The molecule has 2 N–H and O–H groups in total. The van der Waals surface area contributed by atoms with Crippen molar-refractivity contribution in [2.45, 2.75) is 32.1 Å². The van der Waals surface area contributed by atoms with Crippen LogP contribution in [-0.4, -0.2) is 18.1 Å². The highest BCUT2D eigenvalue weighted by molar-refractivity contribution is 7.99. The maximum Gasteiger partial charge on any atom is -0.00649 e. The molecular weight excluding hydrogens is 154 g/mol. The van der Waals surface area contributed by atoms with Crippen molar-refractivity contribution in [2.24, 2.45) is 11.7 Å². The van der Waals surface area contributed by atoms with Gasteiger partial charge < -0.3 is 5.73 Å². The maximum atomic E-state index is 5.44. The van der Waals surface area contributed by atoms with E-state index >= 15 is 0 Å². The Morgan fingerprint density at radius 3 is 2.55 bits per heavy atom. The van der Waals surface area contributed by atoms with Gasteiger partial charge in [-0.3, -0.25) is 0 Å². The van der Waals surface area contributed by atoms with E-state index in [1.807, 2.05) is 0 Å². The third-order valence-corrected chi connectivity index (χ3v) is 3.46. The van der Waals surface area contributed by atoms with Crippen molar-refractivity contribution in [2.75, 3.05) is 18.1 Å². The van der Waals surface area contributed by atoms with Gasteiger partial charge in [-0.25, -0.2) is 0 Å². The Hall–Kier alpha value is 0.310. The number of thioether (sulfide) groups is 1. The van der Waals surface area contributed by atoms with E-state index in [4.69, 9.17) is 5.73 Å². The van der Waals surface area contributed by atoms with E-state index in [-0.39, 0.29) is 0 Å². The zero-order valence-electron chi connectivity index (χ0n) is 7.22. The molecule has 1 aliphatic heterocycles. The highest BCUT2D eigenvalue weighted by Crippen LogP contribution is 2.26. The molecule has 1 saturated heterocycles. The minimum atomic E-state index is 0.876. The van der Waals surface area contributed by atoms with Crippen LogP contribution in [0.3, 0.4) is 0 Å². The molecule has 1 heterocycles. The molecule has 0 radical (unpaired) electrons. The van der Waals surface area contributed by atoms with Gasteiger partial charge >= 0.3 is 0 Å². The molecule has 1 nitrogen and oxygen atoms in total. The minimum absolute atomic E-state index is 0.876. The van der Waals surface area contributed by atoms with Crippen LogP contribution in [-0.2, 0) is 0 Å². The number of nitrogens with two attached hydrogens (primary N) is 1. The van der Waals surface area contributed by atoms with Crippen molar-refractivity contribution >= 4 is 11.8 Å². The van der Waals surface area contributed by atoms with Crippen molar-refractivity contribution in [3.05, 3.63) is 0 Å². The lowest BCUT2D eigenvalue weighted by atomic mass is 9.96. The molecule has 66 valence electrons. The van der Waals surface area contributed by atoms with Gasteiger partial charge in [-0.1, -0.05) is 12.8 Å². The predicted octanol–water partition coefficient (Wildman–Crippen LogP) is 2.26. The number of hydrogen-bond acceptors (Lipinski definition) is 2. The lowest BCUT2D eigenvalue weighted by Gasteiger charge is -2.20. The van der Waals surface area contributed by atoms with Crippen molar-refractivity contribution in [3.8, 4) is 0 Å².